The van der Waals surface area contributed by atoms with Gasteiger partial charge >= 0.3 is 0 Å². The standard InChI is InChI=1S/C22H16ClNO5S2/c23-15-10-12-16(13-11-15)24(30(26)27)20-14-21(22(25)19-9-5-4-8-18(19)20)31(28,29)17-6-2-1-3-7-17/h1-14,25H,(H,26,27). The molecular weight excluding hydrogens is 458 g/mol. The lowest BCUT2D eigenvalue weighted by atomic mass is 10.1. The molecule has 4 aromatic rings. The largest absolute Gasteiger partial charge is 0.506 e. The average molecular weight is 474 g/mol. The van der Waals surface area contributed by atoms with Gasteiger partial charge in [0.1, 0.15) is 10.6 Å². The first-order valence-corrected chi connectivity index (χ1v) is 11.9. The molecule has 0 radical (unpaired) electrons. The molecule has 0 aromatic heterocycles. The zero-order valence-electron chi connectivity index (χ0n) is 15.8. The van der Waals surface area contributed by atoms with Gasteiger partial charge in [-0.3, -0.25) is 4.55 Å². The highest BCUT2D eigenvalue weighted by atomic mass is 35.5. The van der Waals surface area contributed by atoms with Gasteiger partial charge in [0.25, 0.3) is 11.3 Å². The summed E-state index contributed by atoms with van der Waals surface area (Å²) in [5.41, 5.74) is 0.468. The summed E-state index contributed by atoms with van der Waals surface area (Å²) in [6.45, 7) is 0. The lowest BCUT2D eigenvalue weighted by Crippen LogP contribution is -2.20. The van der Waals surface area contributed by atoms with E-state index in [4.69, 9.17) is 11.6 Å². The Morgan fingerprint density at radius 3 is 2.03 bits per heavy atom. The van der Waals surface area contributed by atoms with Gasteiger partial charge in [0, 0.05) is 15.8 Å². The Morgan fingerprint density at radius 1 is 0.839 bits per heavy atom. The number of fused-ring (bicyclic) bond motifs is 1. The second kappa shape index (κ2) is 8.32. The monoisotopic (exact) mass is 473 g/mol. The maximum atomic E-state index is 13.3. The molecule has 0 aliphatic rings. The van der Waals surface area contributed by atoms with Crippen LogP contribution in [0.15, 0.2) is 94.7 Å². The first-order valence-electron chi connectivity index (χ1n) is 9.02. The number of sulfone groups is 1. The number of rotatable bonds is 5. The molecule has 0 bridgehead atoms. The number of hydrogen-bond donors (Lipinski definition) is 2. The minimum absolute atomic E-state index is 0.00491. The fraction of sp³-hybridized carbons (Fsp3) is 0. The Labute approximate surface area is 186 Å². The maximum absolute atomic E-state index is 13.3. The van der Waals surface area contributed by atoms with E-state index in [1.165, 1.54) is 18.2 Å². The zero-order valence-corrected chi connectivity index (χ0v) is 18.2. The molecule has 9 heteroatoms. The fourth-order valence-electron chi connectivity index (χ4n) is 3.31. The fourth-order valence-corrected chi connectivity index (χ4v) is 5.45. The minimum Gasteiger partial charge on any atom is -0.506 e. The van der Waals surface area contributed by atoms with Crippen LogP contribution in [0.5, 0.6) is 5.75 Å². The van der Waals surface area contributed by atoms with E-state index in [2.05, 4.69) is 0 Å². The molecule has 0 saturated heterocycles. The molecule has 158 valence electrons. The summed E-state index contributed by atoms with van der Waals surface area (Å²) < 4.78 is 50.1. The molecule has 0 saturated carbocycles. The van der Waals surface area contributed by atoms with Crippen LogP contribution in [-0.2, 0) is 21.1 Å². The summed E-state index contributed by atoms with van der Waals surface area (Å²) >= 11 is 3.40. The van der Waals surface area contributed by atoms with Crippen LogP contribution in [0.2, 0.25) is 5.02 Å². The third-order valence-corrected chi connectivity index (χ3v) is 7.49. The van der Waals surface area contributed by atoms with Crippen LogP contribution in [0.4, 0.5) is 11.4 Å². The quantitative estimate of drug-likeness (QED) is 0.383. The zero-order chi connectivity index (χ0) is 22.2. The Bertz CT molecular complexity index is 1390. The van der Waals surface area contributed by atoms with Crippen LogP contribution >= 0.6 is 11.6 Å². The van der Waals surface area contributed by atoms with Crippen LogP contribution in [0, 0.1) is 0 Å². The molecule has 0 amide bonds. The smallest absolute Gasteiger partial charge is 0.266 e. The van der Waals surface area contributed by atoms with Gasteiger partial charge in [0.15, 0.2) is 0 Å². The number of hydrogen-bond acceptors (Lipinski definition) is 4. The van der Waals surface area contributed by atoms with E-state index in [0.717, 1.165) is 4.31 Å². The Morgan fingerprint density at radius 2 is 1.42 bits per heavy atom. The Kier molecular flexibility index (Phi) is 5.72. The molecule has 2 N–H and O–H groups in total. The van der Waals surface area contributed by atoms with E-state index in [9.17, 15) is 22.3 Å². The molecule has 1 atom stereocenters. The molecule has 6 nitrogen and oxygen atoms in total. The van der Waals surface area contributed by atoms with Crippen LogP contribution in [0.3, 0.4) is 0 Å². The molecule has 1 unspecified atom stereocenters. The second-order valence-electron chi connectivity index (χ2n) is 6.61. The van der Waals surface area contributed by atoms with E-state index < -0.39 is 26.9 Å². The second-order valence-corrected chi connectivity index (χ2v) is 9.79. The molecule has 0 spiro atoms. The SMILES string of the molecule is O=S(O)N(c1ccc(Cl)cc1)c1cc(S(=O)(=O)c2ccccc2)c(O)c2ccccc12. The van der Waals surface area contributed by atoms with E-state index in [-0.39, 0.29) is 20.9 Å². The third kappa shape index (κ3) is 3.90. The van der Waals surface area contributed by atoms with Crippen molar-refractivity contribution in [2.75, 3.05) is 4.31 Å². The molecule has 31 heavy (non-hydrogen) atoms. The highest BCUT2D eigenvalue weighted by Gasteiger charge is 2.28. The van der Waals surface area contributed by atoms with Gasteiger partial charge in [0.05, 0.1) is 16.3 Å². The molecule has 0 aliphatic heterocycles. The summed E-state index contributed by atoms with van der Waals surface area (Å²) in [6, 6.07) is 21.6. The van der Waals surface area contributed by atoms with Gasteiger partial charge in [-0.1, -0.05) is 54.1 Å². The van der Waals surface area contributed by atoms with Crippen molar-refractivity contribution in [3.63, 3.8) is 0 Å². The number of phenolic OH excluding ortho intramolecular Hbond substituents is 1. The van der Waals surface area contributed by atoms with Gasteiger partial charge in [-0.25, -0.2) is 16.9 Å². The Balaban J connectivity index is 2.05. The van der Waals surface area contributed by atoms with E-state index in [0.29, 0.717) is 16.1 Å². The molecule has 0 aliphatic carbocycles. The predicted octanol–water partition coefficient (Wildman–Crippen LogP) is 5.31. The van der Waals surface area contributed by atoms with Gasteiger partial charge in [-0.15, -0.1) is 0 Å². The van der Waals surface area contributed by atoms with Crippen LogP contribution in [0.25, 0.3) is 10.8 Å². The summed E-state index contributed by atoms with van der Waals surface area (Å²) in [5.74, 6) is -0.428. The lowest BCUT2D eigenvalue weighted by molar-refractivity contribution is 0.465. The number of nitrogens with zero attached hydrogens (tertiary/aromatic N) is 1. The first kappa shape index (κ1) is 21.3. The van der Waals surface area contributed by atoms with Gasteiger partial charge < -0.3 is 5.11 Å². The Hall–Kier alpha value is -2.91. The van der Waals surface area contributed by atoms with Gasteiger partial charge in [-0.2, -0.15) is 0 Å². The van der Waals surface area contributed by atoms with Crippen molar-refractivity contribution in [3.05, 3.63) is 90.0 Å². The van der Waals surface area contributed by atoms with Crippen molar-refractivity contribution in [1.82, 2.24) is 0 Å². The molecular formula is C22H16ClNO5S2. The van der Waals surface area contributed by atoms with Crippen molar-refractivity contribution in [2.24, 2.45) is 0 Å². The lowest BCUT2D eigenvalue weighted by Gasteiger charge is -2.23. The van der Waals surface area contributed by atoms with Crippen molar-refractivity contribution in [1.29, 1.82) is 0 Å². The molecule has 0 fully saturated rings. The third-order valence-electron chi connectivity index (χ3n) is 4.74. The number of anilines is 2. The molecule has 4 rings (SSSR count). The van der Waals surface area contributed by atoms with Crippen LogP contribution in [-0.4, -0.2) is 22.3 Å². The normalized spacial score (nSPS) is 12.6. The van der Waals surface area contributed by atoms with E-state index in [1.807, 2.05) is 0 Å². The van der Waals surface area contributed by atoms with E-state index >= 15 is 0 Å². The highest BCUT2D eigenvalue weighted by Crippen LogP contribution is 2.43. The predicted molar refractivity (Wildman–Crippen MR) is 122 cm³/mol. The molecule has 4 aromatic carbocycles. The first-order chi connectivity index (χ1) is 14.8. The number of benzene rings is 4. The van der Waals surface area contributed by atoms with Crippen molar-refractivity contribution < 1.29 is 22.3 Å². The maximum Gasteiger partial charge on any atom is 0.266 e. The topological polar surface area (TPSA) is 94.9 Å². The van der Waals surface area contributed by atoms with Crippen LogP contribution < -0.4 is 4.31 Å². The minimum atomic E-state index is -4.11. The van der Waals surface area contributed by atoms with Gasteiger partial charge in [-0.05, 0) is 42.5 Å². The van der Waals surface area contributed by atoms with E-state index in [1.54, 1.807) is 66.7 Å². The average Bonchev–Trinajstić information content (AvgIpc) is 2.77. The molecule has 0 heterocycles. The summed E-state index contributed by atoms with van der Waals surface area (Å²) in [6.07, 6.45) is 0. The van der Waals surface area contributed by atoms with Crippen molar-refractivity contribution in [3.8, 4) is 5.75 Å². The highest BCUT2D eigenvalue weighted by molar-refractivity contribution is 7.91. The number of aromatic hydroxyl groups is 1. The van der Waals surface area contributed by atoms with Crippen molar-refractivity contribution in [2.45, 2.75) is 9.79 Å². The van der Waals surface area contributed by atoms with Gasteiger partial charge in [0.2, 0.25) is 9.84 Å². The summed E-state index contributed by atoms with van der Waals surface area (Å²) in [7, 11) is -4.11. The van der Waals surface area contributed by atoms with Crippen molar-refractivity contribution >= 4 is 54.9 Å². The summed E-state index contributed by atoms with van der Waals surface area (Å²) in [5, 5.41) is 11.9. The number of phenols is 1. The number of halogens is 1. The summed E-state index contributed by atoms with van der Waals surface area (Å²) in [4.78, 5) is -0.369. The van der Waals surface area contributed by atoms with Crippen LogP contribution in [0.1, 0.15) is 0 Å².